The molecule has 0 atom stereocenters. The van der Waals surface area contributed by atoms with Gasteiger partial charge < -0.3 is 15.2 Å². The number of nitrogens with two attached hydrogens (primary N) is 1. The Morgan fingerprint density at radius 1 is 1.43 bits per heavy atom. The van der Waals surface area contributed by atoms with Gasteiger partial charge in [0.2, 0.25) is 5.88 Å². The Morgan fingerprint density at radius 3 is 3.00 bits per heavy atom. The van der Waals surface area contributed by atoms with Gasteiger partial charge in [0.25, 0.3) is 0 Å². The minimum absolute atomic E-state index is 0.452. The standard InChI is InChI=1S/C10H16N2O2/c1-13-6-3-7-14-10-9(8-11)4-2-5-12-10/h2,4-5H,3,6-8,11H2,1H3. The third kappa shape index (κ3) is 3.32. The summed E-state index contributed by atoms with van der Waals surface area (Å²) in [5, 5.41) is 0. The van der Waals surface area contributed by atoms with E-state index >= 15 is 0 Å². The molecule has 0 aliphatic rings. The van der Waals surface area contributed by atoms with Crippen molar-refractivity contribution in [1.29, 1.82) is 0 Å². The highest BCUT2D eigenvalue weighted by Gasteiger charge is 2.01. The third-order valence-corrected chi connectivity index (χ3v) is 1.80. The normalized spacial score (nSPS) is 10.1. The molecule has 0 aliphatic carbocycles. The predicted molar refractivity (Wildman–Crippen MR) is 54.1 cm³/mol. The molecule has 0 aromatic carbocycles. The fourth-order valence-corrected chi connectivity index (χ4v) is 1.08. The smallest absolute Gasteiger partial charge is 0.217 e. The molecular formula is C10H16N2O2. The highest BCUT2D eigenvalue weighted by atomic mass is 16.5. The van der Waals surface area contributed by atoms with Gasteiger partial charge in [-0.25, -0.2) is 4.98 Å². The van der Waals surface area contributed by atoms with Crippen LogP contribution in [0.5, 0.6) is 5.88 Å². The van der Waals surface area contributed by atoms with E-state index in [1.807, 2.05) is 12.1 Å². The molecule has 1 heterocycles. The van der Waals surface area contributed by atoms with Gasteiger partial charge in [-0.05, 0) is 6.07 Å². The second-order valence-corrected chi connectivity index (χ2v) is 2.87. The van der Waals surface area contributed by atoms with Crippen molar-refractivity contribution in [2.75, 3.05) is 20.3 Å². The zero-order valence-corrected chi connectivity index (χ0v) is 8.40. The first-order valence-electron chi connectivity index (χ1n) is 4.64. The van der Waals surface area contributed by atoms with E-state index < -0.39 is 0 Å². The minimum atomic E-state index is 0.452. The highest BCUT2D eigenvalue weighted by molar-refractivity contribution is 5.24. The van der Waals surface area contributed by atoms with Crippen LogP contribution in [0, 0.1) is 0 Å². The van der Waals surface area contributed by atoms with Crippen molar-refractivity contribution >= 4 is 0 Å². The lowest BCUT2D eigenvalue weighted by Gasteiger charge is -2.07. The lowest BCUT2D eigenvalue weighted by molar-refractivity contribution is 0.170. The number of aromatic nitrogens is 1. The third-order valence-electron chi connectivity index (χ3n) is 1.80. The monoisotopic (exact) mass is 196 g/mol. The molecule has 4 nitrogen and oxygen atoms in total. The number of nitrogens with zero attached hydrogens (tertiary/aromatic N) is 1. The molecule has 0 radical (unpaired) electrons. The lowest BCUT2D eigenvalue weighted by atomic mass is 10.3. The van der Waals surface area contributed by atoms with Crippen molar-refractivity contribution in [3.63, 3.8) is 0 Å². The second-order valence-electron chi connectivity index (χ2n) is 2.87. The van der Waals surface area contributed by atoms with Gasteiger partial charge in [-0.1, -0.05) is 6.07 Å². The zero-order chi connectivity index (χ0) is 10.2. The van der Waals surface area contributed by atoms with Gasteiger partial charge in [0, 0.05) is 38.4 Å². The number of hydrogen-bond donors (Lipinski definition) is 1. The van der Waals surface area contributed by atoms with Gasteiger partial charge in [0.15, 0.2) is 0 Å². The summed E-state index contributed by atoms with van der Waals surface area (Å²) in [6, 6.07) is 3.77. The van der Waals surface area contributed by atoms with Crippen LogP contribution in [0.15, 0.2) is 18.3 Å². The average Bonchev–Trinajstić information content (AvgIpc) is 2.25. The van der Waals surface area contributed by atoms with Crippen LogP contribution in [-0.4, -0.2) is 25.3 Å². The molecule has 1 aromatic rings. The van der Waals surface area contributed by atoms with E-state index in [0.717, 1.165) is 12.0 Å². The zero-order valence-electron chi connectivity index (χ0n) is 8.40. The Balaban J connectivity index is 2.41. The van der Waals surface area contributed by atoms with E-state index in [4.69, 9.17) is 15.2 Å². The highest BCUT2D eigenvalue weighted by Crippen LogP contribution is 2.12. The molecule has 0 saturated heterocycles. The van der Waals surface area contributed by atoms with Crippen LogP contribution in [0.1, 0.15) is 12.0 Å². The topological polar surface area (TPSA) is 57.4 Å². The van der Waals surface area contributed by atoms with Crippen molar-refractivity contribution < 1.29 is 9.47 Å². The van der Waals surface area contributed by atoms with Crippen LogP contribution in [0.25, 0.3) is 0 Å². The van der Waals surface area contributed by atoms with E-state index in [1.54, 1.807) is 13.3 Å². The fourth-order valence-electron chi connectivity index (χ4n) is 1.08. The Bertz CT molecular complexity index is 266. The largest absolute Gasteiger partial charge is 0.477 e. The van der Waals surface area contributed by atoms with E-state index in [-0.39, 0.29) is 0 Å². The molecule has 0 amide bonds. The van der Waals surface area contributed by atoms with Gasteiger partial charge in [-0.15, -0.1) is 0 Å². The number of ether oxygens (including phenoxy) is 2. The number of methoxy groups -OCH3 is 1. The number of hydrogen-bond acceptors (Lipinski definition) is 4. The molecule has 0 fully saturated rings. The Hall–Kier alpha value is -1.13. The van der Waals surface area contributed by atoms with E-state index in [1.165, 1.54) is 0 Å². The maximum atomic E-state index is 5.54. The number of rotatable bonds is 6. The molecule has 1 rings (SSSR count). The molecule has 0 saturated carbocycles. The first-order valence-corrected chi connectivity index (χ1v) is 4.64. The van der Waals surface area contributed by atoms with Crippen LogP contribution < -0.4 is 10.5 Å². The van der Waals surface area contributed by atoms with Crippen molar-refractivity contribution in [3.8, 4) is 5.88 Å². The molecule has 1 aromatic heterocycles. The summed E-state index contributed by atoms with van der Waals surface area (Å²) in [6.45, 7) is 1.76. The van der Waals surface area contributed by atoms with Gasteiger partial charge in [-0.2, -0.15) is 0 Å². The summed E-state index contributed by atoms with van der Waals surface area (Å²) in [4.78, 5) is 4.10. The Kier molecular flexibility index (Phi) is 4.96. The maximum absolute atomic E-state index is 5.54. The van der Waals surface area contributed by atoms with E-state index in [0.29, 0.717) is 25.6 Å². The fraction of sp³-hybridized carbons (Fsp3) is 0.500. The molecule has 0 unspecified atom stereocenters. The Morgan fingerprint density at radius 2 is 2.29 bits per heavy atom. The predicted octanol–water partition coefficient (Wildman–Crippen LogP) is 0.956. The van der Waals surface area contributed by atoms with Crippen molar-refractivity contribution in [1.82, 2.24) is 4.98 Å². The quantitative estimate of drug-likeness (QED) is 0.688. The second kappa shape index (κ2) is 6.34. The molecule has 14 heavy (non-hydrogen) atoms. The van der Waals surface area contributed by atoms with Crippen molar-refractivity contribution in [2.45, 2.75) is 13.0 Å². The van der Waals surface area contributed by atoms with Gasteiger partial charge in [0.05, 0.1) is 6.61 Å². The molecule has 0 spiro atoms. The molecule has 0 bridgehead atoms. The minimum Gasteiger partial charge on any atom is -0.477 e. The summed E-state index contributed by atoms with van der Waals surface area (Å²) in [5.74, 6) is 0.631. The number of pyridine rings is 1. The molecule has 78 valence electrons. The van der Waals surface area contributed by atoms with Crippen LogP contribution in [0.4, 0.5) is 0 Å². The summed E-state index contributed by atoms with van der Waals surface area (Å²) < 4.78 is 10.4. The maximum Gasteiger partial charge on any atom is 0.217 e. The summed E-state index contributed by atoms with van der Waals surface area (Å²) in [7, 11) is 1.67. The van der Waals surface area contributed by atoms with Gasteiger partial charge in [0.1, 0.15) is 0 Å². The summed E-state index contributed by atoms with van der Waals surface area (Å²) >= 11 is 0. The molecule has 0 aliphatic heterocycles. The van der Waals surface area contributed by atoms with E-state index in [9.17, 15) is 0 Å². The van der Waals surface area contributed by atoms with Crippen LogP contribution in [0.2, 0.25) is 0 Å². The summed E-state index contributed by atoms with van der Waals surface area (Å²) in [6.07, 6.45) is 2.56. The molecule has 2 N–H and O–H groups in total. The van der Waals surface area contributed by atoms with E-state index in [2.05, 4.69) is 4.98 Å². The average molecular weight is 196 g/mol. The van der Waals surface area contributed by atoms with Gasteiger partial charge in [-0.3, -0.25) is 0 Å². The summed E-state index contributed by atoms with van der Waals surface area (Å²) in [5.41, 5.74) is 6.47. The first-order chi connectivity index (χ1) is 6.88. The first kappa shape index (κ1) is 10.9. The van der Waals surface area contributed by atoms with Crippen LogP contribution in [-0.2, 0) is 11.3 Å². The SMILES string of the molecule is COCCCOc1ncccc1CN. The van der Waals surface area contributed by atoms with Crippen molar-refractivity contribution in [2.24, 2.45) is 5.73 Å². The molecule has 4 heteroatoms. The van der Waals surface area contributed by atoms with Crippen LogP contribution in [0.3, 0.4) is 0 Å². The van der Waals surface area contributed by atoms with Crippen LogP contribution >= 0.6 is 0 Å². The lowest BCUT2D eigenvalue weighted by Crippen LogP contribution is -2.06. The van der Waals surface area contributed by atoms with Crippen molar-refractivity contribution in [3.05, 3.63) is 23.9 Å². The molecular weight excluding hydrogens is 180 g/mol. The Labute approximate surface area is 84.0 Å². The van der Waals surface area contributed by atoms with Gasteiger partial charge >= 0.3 is 0 Å².